The summed E-state index contributed by atoms with van der Waals surface area (Å²) in [6.45, 7) is 9.49. The molecule has 2 N–H and O–H groups in total. The SMILES string of the molecule is CC[NH+]1CCN(c2ccccc2NC(=O)COc2ccc(Cl)c(C)c2)CC1. The summed E-state index contributed by atoms with van der Waals surface area (Å²) in [6, 6.07) is 13.3. The fourth-order valence-corrected chi connectivity index (χ4v) is 3.43. The number of anilines is 2. The lowest BCUT2D eigenvalue weighted by Gasteiger charge is -2.34. The van der Waals surface area contributed by atoms with Crippen LogP contribution in [0.1, 0.15) is 12.5 Å². The van der Waals surface area contributed by atoms with E-state index in [1.807, 2.05) is 31.2 Å². The number of hydrogen-bond donors (Lipinski definition) is 2. The molecule has 0 aromatic heterocycles. The third-order valence-electron chi connectivity index (χ3n) is 4.99. The van der Waals surface area contributed by atoms with Crippen LogP contribution in [0.25, 0.3) is 0 Å². The molecule has 1 heterocycles. The number of benzene rings is 2. The van der Waals surface area contributed by atoms with Crippen molar-refractivity contribution in [2.45, 2.75) is 13.8 Å². The van der Waals surface area contributed by atoms with Gasteiger partial charge in [-0.25, -0.2) is 0 Å². The minimum Gasteiger partial charge on any atom is -0.484 e. The zero-order chi connectivity index (χ0) is 19.2. The van der Waals surface area contributed by atoms with E-state index in [2.05, 4.69) is 23.2 Å². The molecule has 0 unspecified atom stereocenters. The highest BCUT2D eigenvalue weighted by molar-refractivity contribution is 6.31. The fourth-order valence-electron chi connectivity index (χ4n) is 3.31. The van der Waals surface area contributed by atoms with Crippen LogP contribution in [0.2, 0.25) is 5.02 Å². The molecule has 3 rings (SSSR count). The monoisotopic (exact) mass is 388 g/mol. The topological polar surface area (TPSA) is 46.0 Å². The quantitative estimate of drug-likeness (QED) is 0.798. The summed E-state index contributed by atoms with van der Waals surface area (Å²) in [5.41, 5.74) is 2.83. The van der Waals surface area contributed by atoms with Crippen LogP contribution in [0.5, 0.6) is 5.75 Å². The minimum absolute atomic E-state index is 0.0385. The number of hydrogen-bond acceptors (Lipinski definition) is 3. The van der Waals surface area contributed by atoms with E-state index in [1.165, 1.54) is 0 Å². The van der Waals surface area contributed by atoms with Gasteiger partial charge in [0.1, 0.15) is 5.75 Å². The summed E-state index contributed by atoms with van der Waals surface area (Å²) in [4.78, 5) is 16.4. The van der Waals surface area contributed by atoms with E-state index in [-0.39, 0.29) is 12.5 Å². The maximum absolute atomic E-state index is 12.4. The zero-order valence-electron chi connectivity index (χ0n) is 15.9. The third-order valence-corrected chi connectivity index (χ3v) is 5.41. The van der Waals surface area contributed by atoms with Crippen molar-refractivity contribution in [2.75, 3.05) is 49.5 Å². The number of carbonyl (C=O) groups is 1. The lowest BCUT2D eigenvalue weighted by atomic mass is 10.2. The Kier molecular flexibility index (Phi) is 6.58. The molecule has 0 bridgehead atoms. The van der Waals surface area contributed by atoms with E-state index >= 15 is 0 Å². The number of likely N-dealkylation sites (N-methyl/N-ethyl adjacent to an activating group) is 1. The molecule has 1 aliphatic heterocycles. The van der Waals surface area contributed by atoms with Crippen LogP contribution in [0.3, 0.4) is 0 Å². The first-order valence-electron chi connectivity index (χ1n) is 9.43. The van der Waals surface area contributed by atoms with Crippen LogP contribution in [-0.2, 0) is 4.79 Å². The van der Waals surface area contributed by atoms with Gasteiger partial charge in [0.05, 0.1) is 44.1 Å². The Bertz CT molecular complexity index is 789. The van der Waals surface area contributed by atoms with Crippen LogP contribution in [-0.4, -0.2) is 45.2 Å². The summed E-state index contributed by atoms with van der Waals surface area (Å²) in [7, 11) is 0. The number of nitrogens with one attached hydrogen (secondary N) is 2. The first-order valence-corrected chi connectivity index (χ1v) is 9.81. The van der Waals surface area contributed by atoms with Crippen molar-refractivity contribution in [2.24, 2.45) is 0 Å². The van der Waals surface area contributed by atoms with Gasteiger partial charge in [-0.3, -0.25) is 4.79 Å². The van der Waals surface area contributed by atoms with E-state index in [4.69, 9.17) is 16.3 Å². The predicted molar refractivity (Wildman–Crippen MR) is 110 cm³/mol. The fraction of sp³-hybridized carbons (Fsp3) is 0.381. The summed E-state index contributed by atoms with van der Waals surface area (Å²) in [5.74, 6) is 0.465. The molecule has 0 atom stereocenters. The van der Waals surface area contributed by atoms with Gasteiger partial charge >= 0.3 is 0 Å². The summed E-state index contributed by atoms with van der Waals surface area (Å²) < 4.78 is 5.60. The molecule has 0 aliphatic carbocycles. The molecule has 1 aliphatic rings. The van der Waals surface area contributed by atoms with Gasteiger partial charge in [-0.15, -0.1) is 0 Å². The van der Waals surface area contributed by atoms with Crippen molar-refractivity contribution in [1.29, 1.82) is 0 Å². The van der Waals surface area contributed by atoms with Crippen molar-refractivity contribution < 1.29 is 14.4 Å². The number of amides is 1. The molecule has 27 heavy (non-hydrogen) atoms. The molecular weight excluding hydrogens is 362 g/mol. The van der Waals surface area contributed by atoms with Crippen molar-refractivity contribution in [3.8, 4) is 5.75 Å². The standard InChI is InChI=1S/C21H26ClN3O2/c1-3-24-10-12-25(13-11-24)20-7-5-4-6-19(20)23-21(26)15-27-17-8-9-18(22)16(2)14-17/h4-9,14H,3,10-13,15H2,1-2H3,(H,23,26)/p+1. The number of nitrogens with zero attached hydrogens (tertiary/aromatic N) is 1. The van der Waals surface area contributed by atoms with Gasteiger partial charge in [0, 0.05) is 5.02 Å². The molecule has 6 heteroatoms. The normalized spacial score (nSPS) is 14.9. The molecule has 2 aromatic carbocycles. The molecule has 2 aromatic rings. The van der Waals surface area contributed by atoms with Gasteiger partial charge in [0.15, 0.2) is 6.61 Å². The third kappa shape index (κ3) is 5.15. The highest BCUT2D eigenvalue weighted by atomic mass is 35.5. The van der Waals surface area contributed by atoms with E-state index in [1.54, 1.807) is 17.0 Å². The number of carbonyl (C=O) groups excluding carboxylic acids is 1. The minimum atomic E-state index is -0.173. The van der Waals surface area contributed by atoms with Crippen LogP contribution < -0.4 is 19.9 Å². The predicted octanol–water partition coefficient (Wildman–Crippen LogP) is 2.39. The summed E-state index contributed by atoms with van der Waals surface area (Å²) >= 11 is 6.02. The number of aryl methyl sites for hydroxylation is 1. The Labute approximate surface area is 165 Å². The molecule has 0 radical (unpaired) electrons. The van der Waals surface area contributed by atoms with Gasteiger partial charge in [-0.2, -0.15) is 0 Å². The summed E-state index contributed by atoms with van der Waals surface area (Å²) in [5, 5.41) is 3.68. The second-order valence-corrected chi connectivity index (χ2v) is 7.26. The van der Waals surface area contributed by atoms with Gasteiger partial charge in [0.2, 0.25) is 0 Å². The Balaban J connectivity index is 1.60. The zero-order valence-corrected chi connectivity index (χ0v) is 16.7. The number of quaternary nitrogens is 1. The van der Waals surface area contributed by atoms with E-state index < -0.39 is 0 Å². The van der Waals surface area contributed by atoms with Gasteiger partial charge in [-0.05, 0) is 49.7 Å². The Hall–Kier alpha value is -2.24. The first-order chi connectivity index (χ1) is 13.1. The number of ether oxygens (including phenoxy) is 1. The molecule has 5 nitrogen and oxygen atoms in total. The molecule has 144 valence electrons. The van der Waals surface area contributed by atoms with E-state index in [0.29, 0.717) is 10.8 Å². The number of rotatable bonds is 6. The molecule has 0 saturated carbocycles. The highest BCUT2D eigenvalue weighted by Crippen LogP contribution is 2.26. The van der Waals surface area contributed by atoms with Gasteiger partial charge in [0.25, 0.3) is 5.91 Å². The first kappa shape index (κ1) is 19.5. The van der Waals surface area contributed by atoms with E-state index in [9.17, 15) is 4.79 Å². The highest BCUT2D eigenvalue weighted by Gasteiger charge is 2.21. The Morgan fingerprint density at radius 2 is 1.96 bits per heavy atom. The largest absolute Gasteiger partial charge is 0.484 e. The van der Waals surface area contributed by atoms with Crippen molar-refractivity contribution in [3.05, 3.63) is 53.1 Å². The van der Waals surface area contributed by atoms with Crippen LogP contribution >= 0.6 is 11.6 Å². The molecule has 1 fully saturated rings. The molecular formula is C21H27ClN3O2+. The average molecular weight is 389 g/mol. The lowest BCUT2D eigenvalue weighted by Crippen LogP contribution is -3.14. The Morgan fingerprint density at radius 3 is 2.67 bits per heavy atom. The summed E-state index contributed by atoms with van der Waals surface area (Å²) in [6.07, 6.45) is 0. The van der Waals surface area contributed by atoms with Gasteiger partial charge in [-0.1, -0.05) is 23.7 Å². The Morgan fingerprint density at radius 1 is 1.22 bits per heavy atom. The second kappa shape index (κ2) is 9.11. The van der Waals surface area contributed by atoms with Crippen molar-refractivity contribution >= 4 is 28.9 Å². The maximum Gasteiger partial charge on any atom is 0.262 e. The van der Waals surface area contributed by atoms with Crippen LogP contribution in [0.4, 0.5) is 11.4 Å². The molecule has 1 saturated heterocycles. The van der Waals surface area contributed by atoms with Gasteiger partial charge < -0.3 is 19.9 Å². The maximum atomic E-state index is 12.4. The van der Waals surface area contributed by atoms with Crippen molar-refractivity contribution in [1.82, 2.24) is 0 Å². The molecule has 1 amide bonds. The number of piperazine rings is 1. The van der Waals surface area contributed by atoms with Crippen LogP contribution in [0.15, 0.2) is 42.5 Å². The van der Waals surface area contributed by atoms with Crippen LogP contribution in [0, 0.1) is 6.92 Å². The molecule has 0 spiro atoms. The number of halogens is 1. The lowest BCUT2D eigenvalue weighted by molar-refractivity contribution is -0.898. The van der Waals surface area contributed by atoms with E-state index in [0.717, 1.165) is 49.7 Å². The smallest absolute Gasteiger partial charge is 0.262 e. The number of para-hydroxylation sites is 2. The average Bonchev–Trinajstić information content (AvgIpc) is 2.69. The second-order valence-electron chi connectivity index (χ2n) is 6.86. The van der Waals surface area contributed by atoms with Crippen molar-refractivity contribution in [3.63, 3.8) is 0 Å².